The van der Waals surface area contributed by atoms with Gasteiger partial charge in [-0.15, -0.1) is 0 Å². The number of amides is 2. The highest BCUT2D eigenvalue weighted by Gasteiger charge is 2.24. The van der Waals surface area contributed by atoms with E-state index in [1.807, 2.05) is 23.1 Å². The number of hydrogen-bond donors (Lipinski definition) is 1. The lowest BCUT2D eigenvalue weighted by Gasteiger charge is -2.20. The van der Waals surface area contributed by atoms with Gasteiger partial charge in [0.15, 0.2) is 0 Å². The molecule has 2 amide bonds. The van der Waals surface area contributed by atoms with E-state index in [1.54, 1.807) is 0 Å². The number of carbonyl (C=O) groups is 2. The monoisotopic (exact) mass is 274 g/mol. The van der Waals surface area contributed by atoms with E-state index in [1.165, 1.54) is 5.56 Å². The van der Waals surface area contributed by atoms with Crippen molar-refractivity contribution in [3.05, 3.63) is 35.9 Å². The number of rotatable bonds is 5. The molecule has 2 rings (SSSR count). The van der Waals surface area contributed by atoms with Gasteiger partial charge < -0.3 is 10.6 Å². The minimum atomic E-state index is -0.297. The molecule has 1 aromatic carbocycles. The summed E-state index contributed by atoms with van der Waals surface area (Å²) in [6.45, 7) is 1.43. The zero-order valence-electron chi connectivity index (χ0n) is 11.8. The highest BCUT2D eigenvalue weighted by Crippen LogP contribution is 2.28. The van der Waals surface area contributed by atoms with Crippen LogP contribution in [0.2, 0.25) is 0 Å². The van der Waals surface area contributed by atoms with Gasteiger partial charge in [0, 0.05) is 25.9 Å². The highest BCUT2D eigenvalue weighted by molar-refractivity contribution is 5.77. The maximum Gasteiger partial charge on any atom is 0.223 e. The zero-order chi connectivity index (χ0) is 14.4. The lowest BCUT2D eigenvalue weighted by molar-refractivity contribution is -0.131. The molecule has 1 aliphatic heterocycles. The molecule has 108 valence electrons. The molecule has 0 aromatic heterocycles. The molecule has 0 spiro atoms. The second-order valence-electron chi connectivity index (χ2n) is 5.40. The van der Waals surface area contributed by atoms with Crippen molar-refractivity contribution in [2.75, 3.05) is 13.1 Å². The van der Waals surface area contributed by atoms with Crippen molar-refractivity contribution in [1.29, 1.82) is 0 Å². The first-order valence-electron chi connectivity index (χ1n) is 7.28. The average Bonchev–Trinajstić information content (AvgIpc) is 2.62. The molecule has 0 bridgehead atoms. The first-order valence-corrected chi connectivity index (χ1v) is 7.28. The van der Waals surface area contributed by atoms with Crippen molar-refractivity contribution in [2.24, 2.45) is 5.73 Å². The van der Waals surface area contributed by atoms with Crippen LogP contribution in [0.4, 0.5) is 0 Å². The summed E-state index contributed by atoms with van der Waals surface area (Å²) >= 11 is 0. The summed E-state index contributed by atoms with van der Waals surface area (Å²) < 4.78 is 0. The van der Waals surface area contributed by atoms with Gasteiger partial charge in [-0.05, 0) is 30.7 Å². The summed E-state index contributed by atoms with van der Waals surface area (Å²) in [6, 6.07) is 10.2. The minimum absolute atomic E-state index is 0.195. The van der Waals surface area contributed by atoms with Crippen LogP contribution < -0.4 is 5.73 Å². The molecule has 1 saturated heterocycles. The van der Waals surface area contributed by atoms with Crippen LogP contribution in [0.1, 0.15) is 43.6 Å². The third-order valence-corrected chi connectivity index (χ3v) is 3.88. The molecule has 1 unspecified atom stereocenters. The van der Waals surface area contributed by atoms with Crippen LogP contribution >= 0.6 is 0 Å². The summed E-state index contributed by atoms with van der Waals surface area (Å²) in [5.74, 6) is 0.222. The van der Waals surface area contributed by atoms with Crippen molar-refractivity contribution in [3.63, 3.8) is 0 Å². The van der Waals surface area contributed by atoms with E-state index in [0.717, 1.165) is 19.4 Å². The Morgan fingerprint density at radius 2 is 2.05 bits per heavy atom. The molecule has 1 atom stereocenters. The average molecular weight is 274 g/mol. The summed E-state index contributed by atoms with van der Waals surface area (Å²) in [6.07, 6.45) is 3.65. The number of benzene rings is 1. The number of likely N-dealkylation sites (tertiary alicyclic amines) is 1. The fraction of sp³-hybridized carbons (Fsp3) is 0.500. The lowest BCUT2D eigenvalue weighted by Crippen LogP contribution is -2.32. The number of nitrogens with two attached hydrogens (primary N) is 1. The Labute approximate surface area is 119 Å². The molecule has 0 radical (unpaired) electrons. The van der Waals surface area contributed by atoms with Crippen molar-refractivity contribution >= 4 is 11.8 Å². The maximum absolute atomic E-state index is 12.3. The van der Waals surface area contributed by atoms with Crippen LogP contribution in [0.3, 0.4) is 0 Å². The van der Waals surface area contributed by atoms with Gasteiger partial charge in [0.2, 0.25) is 11.8 Å². The molecule has 2 N–H and O–H groups in total. The number of nitrogens with zero attached hydrogens (tertiary/aromatic N) is 1. The Morgan fingerprint density at radius 3 is 2.75 bits per heavy atom. The second-order valence-corrected chi connectivity index (χ2v) is 5.40. The summed E-state index contributed by atoms with van der Waals surface area (Å²) in [4.78, 5) is 24.9. The second kappa shape index (κ2) is 7.08. The van der Waals surface area contributed by atoms with Gasteiger partial charge in [-0.25, -0.2) is 0 Å². The zero-order valence-corrected chi connectivity index (χ0v) is 11.8. The Balaban J connectivity index is 1.91. The van der Waals surface area contributed by atoms with Crippen LogP contribution in [0.5, 0.6) is 0 Å². The highest BCUT2D eigenvalue weighted by atomic mass is 16.2. The Bertz CT molecular complexity index is 459. The van der Waals surface area contributed by atoms with Crippen molar-refractivity contribution in [1.82, 2.24) is 4.90 Å². The molecular formula is C16H22N2O2. The first kappa shape index (κ1) is 14.6. The van der Waals surface area contributed by atoms with E-state index in [0.29, 0.717) is 31.7 Å². The number of carbonyl (C=O) groups excluding carboxylic acids is 2. The van der Waals surface area contributed by atoms with Gasteiger partial charge in [-0.3, -0.25) is 9.59 Å². The summed E-state index contributed by atoms with van der Waals surface area (Å²) in [5, 5.41) is 0. The predicted molar refractivity (Wildman–Crippen MR) is 78.0 cm³/mol. The van der Waals surface area contributed by atoms with Crippen molar-refractivity contribution in [2.45, 2.75) is 38.0 Å². The van der Waals surface area contributed by atoms with Crippen LogP contribution in [-0.2, 0) is 9.59 Å². The topological polar surface area (TPSA) is 63.4 Å². The van der Waals surface area contributed by atoms with Gasteiger partial charge in [-0.2, -0.15) is 0 Å². The summed E-state index contributed by atoms with van der Waals surface area (Å²) in [7, 11) is 0. The van der Waals surface area contributed by atoms with E-state index in [9.17, 15) is 9.59 Å². The van der Waals surface area contributed by atoms with Crippen LogP contribution in [-0.4, -0.2) is 29.8 Å². The standard InChI is InChI=1S/C16H22N2O2/c17-15(19)9-5-11-18-10-4-8-14(12-16(18)20)13-6-2-1-3-7-13/h1-3,6-7,14H,4-5,8-12H2,(H2,17,19). The SMILES string of the molecule is NC(=O)CCCN1CCCC(c2ccccc2)CC1=O. The van der Waals surface area contributed by atoms with Gasteiger partial charge in [-0.1, -0.05) is 30.3 Å². The molecule has 4 nitrogen and oxygen atoms in total. The third kappa shape index (κ3) is 4.08. The maximum atomic E-state index is 12.3. The Kier molecular flexibility index (Phi) is 5.16. The predicted octanol–water partition coefficient (Wildman–Crippen LogP) is 2.05. The molecule has 0 aliphatic carbocycles. The molecule has 1 aromatic rings. The Morgan fingerprint density at radius 1 is 1.30 bits per heavy atom. The summed E-state index contributed by atoms with van der Waals surface area (Å²) in [5.41, 5.74) is 6.38. The van der Waals surface area contributed by atoms with Crippen LogP contribution in [0.25, 0.3) is 0 Å². The van der Waals surface area contributed by atoms with Crippen molar-refractivity contribution < 1.29 is 9.59 Å². The fourth-order valence-corrected chi connectivity index (χ4v) is 2.79. The Hall–Kier alpha value is -1.84. The minimum Gasteiger partial charge on any atom is -0.370 e. The largest absolute Gasteiger partial charge is 0.370 e. The number of primary amides is 1. The fourth-order valence-electron chi connectivity index (χ4n) is 2.79. The molecule has 4 heteroatoms. The van der Waals surface area contributed by atoms with Gasteiger partial charge >= 0.3 is 0 Å². The normalized spacial score (nSPS) is 19.7. The van der Waals surface area contributed by atoms with Gasteiger partial charge in [0.25, 0.3) is 0 Å². The van der Waals surface area contributed by atoms with E-state index in [-0.39, 0.29) is 11.8 Å². The lowest BCUT2D eigenvalue weighted by atomic mass is 9.92. The van der Waals surface area contributed by atoms with Gasteiger partial charge in [0.1, 0.15) is 0 Å². The van der Waals surface area contributed by atoms with Crippen LogP contribution in [0, 0.1) is 0 Å². The number of hydrogen-bond acceptors (Lipinski definition) is 2. The van der Waals surface area contributed by atoms with Crippen LogP contribution in [0.15, 0.2) is 30.3 Å². The molecule has 1 heterocycles. The van der Waals surface area contributed by atoms with E-state index in [4.69, 9.17) is 5.73 Å². The molecule has 0 saturated carbocycles. The molecule has 20 heavy (non-hydrogen) atoms. The van der Waals surface area contributed by atoms with Gasteiger partial charge in [0.05, 0.1) is 0 Å². The first-order chi connectivity index (χ1) is 9.66. The quantitative estimate of drug-likeness (QED) is 0.893. The van der Waals surface area contributed by atoms with E-state index < -0.39 is 0 Å². The van der Waals surface area contributed by atoms with E-state index >= 15 is 0 Å². The van der Waals surface area contributed by atoms with E-state index in [2.05, 4.69) is 12.1 Å². The molecule has 1 fully saturated rings. The third-order valence-electron chi connectivity index (χ3n) is 3.88. The smallest absolute Gasteiger partial charge is 0.223 e. The van der Waals surface area contributed by atoms with Crippen molar-refractivity contribution in [3.8, 4) is 0 Å². The molecule has 1 aliphatic rings. The molecular weight excluding hydrogens is 252 g/mol.